The van der Waals surface area contributed by atoms with E-state index < -0.39 is 0 Å². The molecular formula is C20H19BrN6O2. The number of fused-ring (bicyclic) bond motifs is 1. The quantitative estimate of drug-likeness (QED) is 0.485. The lowest BCUT2D eigenvalue weighted by molar-refractivity contribution is -0.116. The van der Waals surface area contributed by atoms with E-state index >= 15 is 0 Å². The van der Waals surface area contributed by atoms with Crippen LogP contribution in [0.15, 0.2) is 64.1 Å². The molecule has 2 aromatic carbocycles. The molecule has 2 aromatic heterocycles. The van der Waals surface area contributed by atoms with Gasteiger partial charge in [-0.25, -0.2) is 14.5 Å². The molecule has 2 heterocycles. The normalized spacial score (nSPS) is 11.1. The number of para-hydroxylation sites is 2. The molecule has 0 unspecified atom stereocenters. The molecule has 4 rings (SSSR count). The summed E-state index contributed by atoms with van der Waals surface area (Å²) < 4.78 is 5.77. The van der Waals surface area contributed by atoms with Gasteiger partial charge in [-0.05, 0) is 36.8 Å². The molecule has 0 fully saturated rings. The molecular weight excluding hydrogens is 436 g/mol. The van der Waals surface area contributed by atoms with Gasteiger partial charge in [0.05, 0.1) is 17.6 Å². The molecule has 0 aliphatic carbocycles. The monoisotopic (exact) mass is 454 g/mol. The van der Waals surface area contributed by atoms with E-state index in [2.05, 4.69) is 31.3 Å². The van der Waals surface area contributed by atoms with Crippen molar-refractivity contribution in [3.63, 3.8) is 0 Å². The number of hydrogen-bond donors (Lipinski definition) is 1. The van der Waals surface area contributed by atoms with Gasteiger partial charge in [0.1, 0.15) is 12.9 Å². The van der Waals surface area contributed by atoms with Gasteiger partial charge in [0.15, 0.2) is 0 Å². The van der Waals surface area contributed by atoms with E-state index in [1.54, 1.807) is 15.6 Å². The third kappa shape index (κ3) is 4.00. The van der Waals surface area contributed by atoms with Crippen molar-refractivity contribution in [2.45, 2.75) is 26.6 Å². The SMILES string of the molecule is CCn1c(=O)n(CC(=O)Nc2ncn(Cc3ccc(Br)cc3)n2)c2ccccc21. The number of rotatable bonds is 6. The zero-order chi connectivity index (χ0) is 20.4. The number of benzene rings is 2. The number of nitrogens with zero attached hydrogens (tertiary/aromatic N) is 5. The summed E-state index contributed by atoms with van der Waals surface area (Å²) in [6.45, 7) is 2.88. The molecule has 4 aromatic rings. The Labute approximate surface area is 174 Å². The number of carbonyl (C=O) groups excluding carboxylic acids is 1. The molecule has 8 nitrogen and oxygen atoms in total. The van der Waals surface area contributed by atoms with Crippen LogP contribution in [0, 0.1) is 0 Å². The van der Waals surface area contributed by atoms with Crippen molar-refractivity contribution in [2.24, 2.45) is 0 Å². The van der Waals surface area contributed by atoms with Gasteiger partial charge in [-0.2, -0.15) is 0 Å². The molecule has 148 valence electrons. The van der Waals surface area contributed by atoms with Crippen LogP contribution in [0.1, 0.15) is 12.5 Å². The van der Waals surface area contributed by atoms with Crippen molar-refractivity contribution in [1.82, 2.24) is 23.9 Å². The molecule has 1 N–H and O–H groups in total. The Balaban J connectivity index is 1.48. The highest BCUT2D eigenvalue weighted by Gasteiger charge is 2.15. The van der Waals surface area contributed by atoms with Crippen LogP contribution in [-0.2, 0) is 24.4 Å². The molecule has 0 atom stereocenters. The maximum absolute atomic E-state index is 12.6. The summed E-state index contributed by atoms with van der Waals surface area (Å²) in [5.74, 6) is -0.146. The maximum atomic E-state index is 12.6. The molecule has 9 heteroatoms. The number of amides is 1. The van der Waals surface area contributed by atoms with E-state index in [9.17, 15) is 9.59 Å². The van der Waals surface area contributed by atoms with Crippen molar-refractivity contribution in [3.8, 4) is 0 Å². The summed E-state index contributed by atoms with van der Waals surface area (Å²) in [5, 5.41) is 6.95. The summed E-state index contributed by atoms with van der Waals surface area (Å²) in [6.07, 6.45) is 1.56. The van der Waals surface area contributed by atoms with E-state index in [1.807, 2.05) is 55.5 Å². The topological polar surface area (TPSA) is 86.7 Å². The zero-order valence-electron chi connectivity index (χ0n) is 15.7. The Bertz CT molecular complexity index is 1220. The number of halogens is 1. The fourth-order valence-corrected chi connectivity index (χ4v) is 3.51. The minimum atomic E-state index is -0.354. The molecule has 29 heavy (non-hydrogen) atoms. The third-order valence-electron chi connectivity index (χ3n) is 4.59. The Morgan fingerprint density at radius 3 is 2.45 bits per heavy atom. The molecule has 0 bridgehead atoms. The van der Waals surface area contributed by atoms with E-state index in [-0.39, 0.29) is 24.1 Å². The second-order valence-corrected chi connectivity index (χ2v) is 7.46. The predicted molar refractivity (Wildman–Crippen MR) is 114 cm³/mol. The van der Waals surface area contributed by atoms with Crippen molar-refractivity contribution >= 4 is 38.8 Å². The van der Waals surface area contributed by atoms with Crippen LogP contribution in [0.3, 0.4) is 0 Å². The van der Waals surface area contributed by atoms with Gasteiger partial charge in [0.25, 0.3) is 0 Å². The van der Waals surface area contributed by atoms with Crippen LogP contribution >= 0.6 is 15.9 Å². The van der Waals surface area contributed by atoms with Gasteiger partial charge in [-0.3, -0.25) is 19.2 Å². The second kappa shape index (κ2) is 8.04. The first-order chi connectivity index (χ1) is 14.0. The van der Waals surface area contributed by atoms with Gasteiger partial charge in [0, 0.05) is 11.0 Å². The first-order valence-corrected chi connectivity index (χ1v) is 9.96. The number of carbonyl (C=O) groups is 1. The molecule has 0 radical (unpaired) electrons. The summed E-state index contributed by atoms with van der Waals surface area (Å²) in [4.78, 5) is 29.3. The third-order valence-corrected chi connectivity index (χ3v) is 5.12. The minimum absolute atomic E-state index is 0.104. The van der Waals surface area contributed by atoms with Crippen LogP contribution in [0.5, 0.6) is 0 Å². The van der Waals surface area contributed by atoms with Gasteiger partial charge in [0.2, 0.25) is 11.9 Å². The molecule has 0 saturated carbocycles. The standard InChI is InChI=1S/C20H19BrN6O2/c1-2-26-16-5-3-4-6-17(16)27(20(26)29)12-18(28)23-19-22-13-25(24-19)11-14-7-9-15(21)10-8-14/h3-10,13H,2,11-12H2,1H3,(H,23,24,28). The van der Waals surface area contributed by atoms with Crippen LogP contribution in [0.2, 0.25) is 0 Å². The summed E-state index contributed by atoms with van der Waals surface area (Å²) in [5.41, 5.74) is 2.39. The smallest absolute Gasteiger partial charge is 0.292 e. The lowest BCUT2D eigenvalue weighted by Crippen LogP contribution is -2.29. The summed E-state index contributed by atoms with van der Waals surface area (Å²) in [6, 6.07) is 15.3. The first kappa shape index (κ1) is 19.1. The van der Waals surface area contributed by atoms with Gasteiger partial charge >= 0.3 is 5.69 Å². The number of aromatic nitrogens is 5. The van der Waals surface area contributed by atoms with Gasteiger partial charge in [-0.1, -0.05) is 40.2 Å². The van der Waals surface area contributed by atoms with E-state index in [0.717, 1.165) is 21.1 Å². The largest absolute Gasteiger partial charge is 0.329 e. The zero-order valence-corrected chi connectivity index (χ0v) is 17.3. The van der Waals surface area contributed by atoms with Crippen LogP contribution in [0.4, 0.5) is 5.95 Å². The van der Waals surface area contributed by atoms with Crippen molar-refractivity contribution < 1.29 is 4.79 Å². The Morgan fingerprint density at radius 1 is 1.07 bits per heavy atom. The molecule has 0 spiro atoms. The number of imidazole rings is 1. The van der Waals surface area contributed by atoms with Gasteiger partial charge < -0.3 is 0 Å². The number of aryl methyl sites for hydroxylation is 1. The highest BCUT2D eigenvalue weighted by molar-refractivity contribution is 9.10. The Kier molecular flexibility index (Phi) is 5.30. The molecule has 1 amide bonds. The fraction of sp³-hybridized carbons (Fsp3) is 0.200. The van der Waals surface area contributed by atoms with Crippen LogP contribution in [-0.4, -0.2) is 29.8 Å². The highest BCUT2D eigenvalue weighted by atomic mass is 79.9. The van der Waals surface area contributed by atoms with Crippen molar-refractivity contribution in [1.29, 1.82) is 0 Å². The summed E-state index contributed by atoms with van der Waals surface area (Å²) in [7, 11) is 0. The van der Waals surface area contributed by atoms with Crippen LogP contribution in [0.25, 0.3) is 11.0 Å². The highest BCUT2D eigenvalue weighted by Crippen LogP contribution is 2.13. The average Bonchev–Trinajstić information content (AvgIpc) is 3.26. The summed E-state index contributed by atoms with van der Waals surface area (Å²) >= 11 is 3.41. The van der Waals surface area contributed by atoms with Gasteiger partial charge in [-0.15, -0.1) is 5.10 Å². The minimum Gasteiger partial charge on any atom is -0.292 e. The maximum Gasteiger partial charge on any atom is 0.329 e. The predicted octanol–water partition coefficient (Wildman–Crippen LogP) is 2.86. The van der Waals surface area contributed by atoms with E-state index in [4.69, 9.17) is 0 Å². The van der Waals surface area contributed by atoms with E-state index in [1.165, 1.54) is 4.57 Å². The Morgan fingerprint density at radius 2 is 1.76 bits per heavy atom. The lowest BCUT2D eigenvalue weighted by Gasteiger charge is -2.03. The average molecular weight is 455 g/mol. The van der Waals surface area contributed by atoms with E-state index in [0.29, 0.717) is 13.1 Å². The molecule has 0 aliphatic rings. The van der Waals surface area contributed by atoms with Crippen molar-refractivity contribution in [2.75, 3.05) is 5.32 Å². The molecule has 0 aliphatic heterocycles. The van der Waals surface area contributed by atoms with Crippen LogP contribution < -0.4 is 11.0 Å². The van der Waals surface area contributed by atoms with Crippen molar-refractivity contribution in [3.05, 3.63) is 75.4 Å². The molecule has 0 saturated heterocycles. The number of hydrogen-bond acceptors (Lipinski definition) is 4. The fourth-order valence-electron chi connectivity index (χ4n) is 3.24. The Hall–Kier alpha value is -3.20. The lowest BCUT2D eigenvalue weighted by atomic mass is 10.2. The number of anilines is 1. The number of nitrogens with one attached hydrogen (secondary N) is 1. The second-order valence-electron chi connectivity index (χ2n) is 6.54. The first-order valence-electron chi connectivity index (χ1n) is 9.17.